The van der Waals surface area contributed by atoms with Gasteiger partial charge < -0.3 is 9.64 Å². The summed E-state index contributed by atoms with van der Waals surface area (Å²) in [5.41, 5.74) is 0. The molecule has 0 aliphatic carbocycles. The predicted octanol–water partition coefficient (Wildman–Crippen LogP) is 2.34. The van der Waals surface area contributed by atoms with Crippen LogP contribution in [0.15, 0.2) is 0 Å². The third-order valence-electron chi connectivity index (χ3n) is 4.41. The fourth-order valence-electron chi connectivity index (χ4n) is 3.44. The monoisotopic (exact) mass is 254 g/mol. The third-order valence-corrected chi connectivity index (χ3v) is 4.41. The maximum absolute atomic E-state index is 11.6. The molecule has 2 rings (SSSR count). The first kappa shape index (κ1) is 13.7. The second-order valence-electron chi connectivity index (χ2n) is 5.56. The number of likely N-dealkylation sites (tertiary alicyclic amines) is 2. The summed E-state index contributed by atoms with van der Waals surface area (Å²) >= 11 is 0. The van der Waals surface area contributed by atoms with E-state index in [1.54, 1.807) is 0 Å². The van der Waals surface area contributed by atoms with Gasteiger partial charge in [0.15, 0.2) is 0 Å². The number of rotatable bonds is 3. The van der Waals surface area contributed by atoms with Crippen LogP contribution in [-0.2, 0) is 4.74 Å². The number of ether oxygens (including phenoxy) is 1. The summed E-state index contributed by atoms with van der Waals surface area (Å²) in [5, 5.41) is 0. The molecule has 0 aromatic heterocycles. The number of carbonyl (C=O) groups excluding carboxylic acids is 1. The highest BCUT2D eigenvalue weighted by Gasteiger charge is 2.37. The molecule has 2 heterocycles. The maximum Gasteiger partial charge on any atom is 0.409 e. The van der Waals surface area contributed by atoms with Gasteiger partial charge in [-0.15, -0.1) is 0 Å². The molecule has 2 saturated heterocycles. The van der Waals surface area contributed by atoms with E-state index in [1.165, 1.54) is 45.9 Å². The second-order valence-corrected chi connectivity index (χ2v) is 5.56. The summed E-state index contributed by atoms with van der Waals surface area (Å²) in [6.07, 6.45) is 6.06. The molecule has 0 saturated carbocycles. The van der Waals surface area contributed by atoms with Gasteiger partial charge in [0.25, 0.3) is 0 Å². The first-order valence-electron chi connectivity index (χ1n) is 7.33. The fourth-order valence-corrected chi connectivity index (χ4v) is 3.44. The van der Waals surface area contributed by atoms with E-state index in [4.69, 9.17) is 4.74 Å². The van der Waals surface area contributed by atoms with Gasteiger partial charge in [0.1, 0.15) is 0 Å². The number of nitrogens with zero attached hydrogens (tertiary/aromatic N) is 2. The Morgan fingerprint density at radius 1 is 1.33 bits per heavy atom. The highest BCUT2D eigenvalue weighted by molar-refractivity contribution is 5.67. The molecule has 2 aliphatic heterocycles. The molecular weight excluding hydrogens is 228 g/mol. The highest BCUT2D eigenvalue weighted by atomic mass is 16.5. The summed E-state index contributed by atoms with van der Waals surface area (Å²) in [7, 11) is 1.48. The number of unbranched alkanes of at least 4 members (excludes halogenated alkanes) is 1. The Morgan fingerprint density at radius 2 is 2.17 bits per heavy atom. The molecule has 2 fully saturated rings. The zero-order valence-electron chi connectivity index (χ0n) is 11.7. The zero-order valence-corrected chi connectivity index (χ0v) is 11.7. The van der Waals surface area contributed by atoms with Crippen LogP contribution >= 0.6 is 0 Å². The number of methoxy groups -OCH3 is 1. The van der Waals surface area contributed by atoms with Crippen LogP contribution in [0.3, 0.4) is 0 Å². The van der Waals surface area contributed by atoms with Crippen LogP contribution in [0.1, 0.15) is 39.0 Å². The van der Waals surface area contributed by atoms with Gasteiger partial charge in [-0.1, -0.05) is 13.3 Å². The Balaban J connectivity index is 1.91. The van der Waals surface area contributed by atoms with Crippen molar-refractivity contribution >= 4 is 6.09 Å². The van der Waals surface area contributed by atoms with Crippen molar-refractivity contribution in [3.05, 3.63) is 0 Å². The average Bonchev–Trinajstić information content (AvgIpc) is 2.43. The minimum Gasteiger partial charge on any atom is -0.453 e. The normalized spacial score (nSPS) is 28.9. The Morgan fingerprint density at radius 3 is 2.89 bits per heavy atom. The summed E-state index contributed by atoms with van der Waals surface area (Å²) < 4.78 is 4.83. The standard InChI is InChI=1S/C14H26N2O2/c1-3-4-8-15-9-5-6-12-11-16(14(17)18-2)10-7-13(12)15/h12-13H,3-11H2,1-2H3/t12-,13-/m0/s1. The second kappa shape index (κ2) is 6.41. The maximum atomic E-state index is 11.6. The lowest BCUT2D eigenvalue weighted by Gasteiger charge is -2.47. The van der Waals surface area contributed by atoms with E-state index in [2.05, 4.69) is 11.8 Å². The molecule has 0 N–H and O–H groups in total. The first-order chi connectivity index (χ1) is 8.76. The van der Waals surface area contributed by atoms with Crippen molar-refractivity contribution in [1.82, 2.24) is 9.80 Å². The van der Waals surface area contributed by atoms with Crippen molar-refractivity contribution in [2.75, 3.05) is 33.3 Å². The van der Waals surface area contributed by atoms with Gasteiger partial charge in [-0.05, 0) is 44.7 Å². The van der Waals surface area contributed by atoms with Gasteiger partial charge in [0, 0.05) is 19.1 Å². The van der Waals surface area contributed by atoms with Crippen molar-refractivity contribution in [2.45, 2.75) is 45.1 Å². The largest absolute Gasteiger partial charge is 0.453 e. The number of piperidine rings is 2. The molecule has 0 spiro atoms. The molecule has 0 aromatic rings. The van der Waals surface area contributed by atoms with E-state index in [-0.39, 0.29) is 6.09 Å². The fraction of sp³-hybridized carbons (Fsp3) is 0.929. The molecule has 4 nitrogen and oxygen atoms in total. The Labute approximate surface area is 110 Å². The molecule has 0 radical (unpaired) electrons. The van der Waals surface area contributed by atoms with Crippen LogP contribution in [-0.4, -0.2) is 55.2 Å². The van der Waals surface area contributed by atoms with Gasteiger partial charge >= 0.3 is 6.09 Å². The van der Waals surface area contributed by atoms with Gasteiger partial charge in [-0.25, -0.2) is 4.79 Å². The lowest BCUT2D eigenvalue weighted by molar-refractivity contribution is 0.0213. The highest BCUT2D eigenvalue weighted by Crippen LogP contribution is 2.30. The summed E-state index contributed by atoms with van der Waals surface area (Å²) in [5.74, 6) is 0.656. The van der Waals surface area contributed by atoms with Crippen LogP contribution in [0.4, 0.5) is 4.79 Å². The van der Waals surface area contributed by atoms with Crippen molar-refractivity contribution < 1.29 is 9.53 Å². The molecule has 0 unspecified atom stereocenters. The summed E-state index contributed by atoms with van der Waals surface area (Å²) in [6, 6.07) is 0.700. The van der Waals surface area contributed by atoms with Crippen molar-refractivity contribution in [2.24, 2.45) is 5.92 Å². The SMILES string of the molecule is CCCCN1CCC[C@H]2CN(C(=O)OC)CC[C@@H]21. The van der Waals surface area contributed by atoms with Gasteiger partial charge in [0.2, 0.25) is 0 Å². The molecule has 4 heteroatoms. The number of hydrogen-bond acceptors (Lipinski definition) is 3. The Hall–Kier alpha value is -0.770. The van der Waals surface area contributed by atoms with E-state index >= 15 is 0 Å². The number of hydrogen-bond donors (Lipinski definition) is 0. The Kier molecular flexibility index (Phi) is 4.87. The average molecular weight is 254 g/mol. The lowest BCUT2D eigenvalue weighted by atomic mass is 9.84. The molecular formula is C14H26N2O2. The molecule has 2 atom stereocenters. The van der Waals surface area contributed by atoms with E-state index in [9.17, 15) is 4.79 Å². The van der Waals surface area contributed by atoms with Crippen LogP contribution in [0, 0.1) is 5.92 Å². The number of amides is 1. The number of fused-ring (bicyclic) bond motifs is 1. The van der Waals surface area contributed by atoms with Crippen LogP contribution < -0.4 is 0 Å². The summed E-state index contributed by atoms with van der Waals surface area (Å²) in [4.78, 5) is 16.1. The van der Waals surface area contributed by atoms with Crippen LogP contribution in [0.25, 0.3) is 0 Å². The van der Waals surface area contributed by atoms with Gasteiger partial charge in [-0.2, -0.15) is 0 Å². The minimum atomic E-state index is -0.154. The Bertz CT molecular complexity index is 283. The first-order valence-corrected chi connectivity index (χ1v) is 7.33. The minimum absolute atomic E-state index is 0.154. The third kappa shape index (κ3) is 2.97. The zero-order chi connectivity index (χ0) is 13.0. The van der Waals surface area contributed by atoms with Gasteiger partial charge in [-0.3, -0.25) is 4.90 Å². The van der Waals surface area contributed by atoms with Crippen molar-refractivity contribution in [1.29, 1.82) is 0 Å². The topological polar surface area (TPSA) is 32.8 Å². The molecule has 104 valence electrons. The number of carbonyl (C=O) groups is 1. The van der Waals surface area contributed by atoms with Gasteiger partial charge in [0.05, 0.1) is 7.11 Å². The smallest absolute Gasteiger partial charge is 0.409 e. The lowest BCUT2D eigenvalue weighted by Crippen LogP contribution is -2.55. The quantitative estimate of drug-likeness (QED) is 0.775. The van der Waals surface area contributed by atoms with E-state index in [1.807, 2.05) is 4.90 Å². The van der Waals surface area contributed by atoms with E-state index in [0.29, 0.717) is 12.0 Å². The molecule has 18 heavy (non-hydrogen) atoms. The molecule has 1 amide bonds. The summed E-state index contributed by atoms with van der Waals surface area (Å²) in [6.45, 7) is 6.48. The van der Waals surface area contributed by atoms with Crippen LogP contribution in [0.5, 0.6) is 0 Å². The van der Waals surface area contributed by atoms with Crippen LogP contribution in [0.2, 0.25) is 0 Å². The van der Waals surface area contributed by atoms with Crippen molar-refractivity contribution in [3.8, 4) is 0 Å². The molecule has 2 aliphatic rings. The van der Waals surface area contributed by atoms with Crippen molar-refractivity contribution in [3.63, 3.8) is 0 Å². The predicted molar refractivity (Wildman–Crippen MR) is 71.6 cm³/mol. The van der Waals surface area contributed by atoms with E-state index in [0.717, 1.165) is 19.5 Å². The molecule has 0 aromatic carbocycles. The van der Waals surface area contributed by atoms with E-state index < -0.39 is 0 Å². The molecule has 0 bridgehead atoms.